The van der Waals surface area contributed by atoms with E-state index >= 15 is 0 Å². The number of benzene rings is 1. The van der Waals surface area contributed by atoms with E-state index in [1.165, 1.54) is 4.90 Å². The van der Waals surface area contributed by atoms with Crippen LogP contribution in [0.3, 0.4) is 0 Å². The first-order chi connectivity index (χ1) is 11.6. The van der Waals surface area contributed by atoms with E-state index in [0.717, 1.165) is 10.9 Å². The van der Waals surface area contributed by atoms with Crippen molar-refractivity contribution < 1.29 is 4.79 Å². The quantitative estimate of drug-likeness (QED) is 0.616. The van der Waals surface area contributed by atoms with Gasteiger partial charge in [0.25, 0.3) is 0 Å². The third kappa shape index (κ3) is 2.16. The molecular weight excluding hydrogens is 302 g/mol. The van der Waals surface area contributed by atoms with Crippen LogP contribution in [0.2, 0.25) is 0 Å². The Balaban J connectivity index is 1.94. The molecule has 3 heterocycles. The molecule has 0 bridgehead atoms. The van der Waals surface area contributed by atoms with Gasteiger partial charge in [0, 0.05) is 36.5 Å². The topological polar surface area (TPSA) is 77.0 Å². The van der Waals surface area contributed by atoms with Gasteiger partial charge in [0.05, 0.1) is 16.9 Å². The van der Waals surface area contributed by atoms with Gasteiger partial charge < -0.3 is 10.3 Å². The average Bonchev–Trinajstić information content (AvgIpc) is 2.96. The van der Waals surface area contributed by atoms with E-state index < -0.39 is 6.03 Å². The summed E-state index contributed by atoms with van der Waals surface area (Å²) in [6, 6.07) is 12.6. The molecule has 0 unspecified atom stereocenters. The minimum atomic E-state index is -0.566. The van der Waals surface area contributed by atoms with Gasteiger partial charge in [0.15, 0.2) is 0 Å². The number of carbonyl (C=O) groups is 1. The Morgan fingerprint density at radius 1 is 1.12 bits per heavy atom. The molecule has 24 heavy (non-hydrogen) atoms. The molecule has 6 heteroatoms. The number of carbonyl (C=O) groups excluding carboxylic acids is 1. The largest absolute Gasteiger partial charge is 0.351 e. The van der Waals surface area contributed by atoms with E-state index in [1.54, 1.807) is 18.5 Å². The Kier molecular flexibility index (Phi) is 3.16. The summed E-state index contributed by atoms with van der Waals surface area (Å²) in [5.41, 5.74) is 9.41. The molecule has 4 aromatic rings. The molecule has 1 aromatic carbocycles. The molecule has 4 rings (SSSR count). The zero-order valence-corrected chi connectivity index (χ0v) is 13.0. The van der Waals surface area contributed by atoms with Crippen LogP contribution in [0.1, 0.15) is 0 Å². The number of primary amides is 1. The number of anilines is 2. The van der Waals surface area contributed by atoms with Gasteiger partial charge in [-0.25, -0.2) is 4.79 Å². The summed E-state index contributed by atoms with van der Waals surface area (Å²) in [5.74, 6) is 0. The van der Waals surface area contributed by atoms with Crippen molar-refractivity contribution in [2.24, 2.45) is 12.8 Å². The maximum Gasteiger partial charge on any atom is 0.323 e. The number of urea groups is 1. The summed E-state index contributed by atoms with van der Waals surface area (Å²) < 4.78 is 2.02. The highest BCUT2D eigenvalue weighted by Crippen LogP contribution is 2.32. The highest BCUT2D eigenvalue weighted by Gasteiger charge is 2.19. The predicted octanol–water partition coefficient (Wildman–Crippen LogP) is 3.34. The van der Waals surface area contributed by atoms with Crippen LogP contribution in [0, 0.1) is 0 Å². The van der Waals surface area contributed by atoms with Crippen molar-refractivity contribution in [3.8, 4) is 0 Å². The first kappa shape index (κ1) is 14.2. The number of aromatic nitrogens is 3. The molecule has 0 radical (unpaired) electrons. The van der Waals surface area contributed by atoms with E-state index in [2.05, 4.69) is 9.97 Å². The number of nitrogens with two attached hydrogens (primary N) is 1. The van der Waals surface area contributed by atoms with Crippen LogP contribution in [0.4, 0.5) is 16.2 Å². The van der Waals surface area contributed by atoms with Crippen molar-refractivity contribution in [1.82, 2.24) is 14.5 Å². The van der Waals surface area contributed by atoms with Crippen LogP contribution in [0.5, 0.6) is 0 Å². The lowest BCUT2D eigenvalue weighted by atomic mass is 10.2. The van der Waals surface area contributed by atoms with Crippen molar-refractivity contribution in [2.45, 2.75) is 0 Å². The Hall–Kier alpha value is -3.41. The van der Waals surface area contributed by atoms with Gasteiger partial charge in [0.2, 0.25) is 0 Å². The molecule has 6 nitrogen and oxygen atoms in total. The van der Waals surface area contributed by atoms with Crippen LogP contribution in [-0.4, -0.2) is 20.6 Å². The summed E-state index contributed by atoms with van der Waals surface area (Å²) >= 11 is 0. The normalized spacial score (nSPS) is 11.0. The molecular formula is C18H15N5O. The van der Waals surface area contributed by atoms with Crippen molar-refractivity contribution in [1.29, 1.82) is 0 Å². The Morgan fingerprint density at radius 2 is 2.00 bits per heavy atom. The summed E-state index contributed by atoms with van der Waals surface area (Å²) in [6.07, 6.45) is 5.30. The predicted molar refractivity (Wildman–Crippen MR) is 94.2 cm³/mol. The van der Waals surface area contributed by atoms with Crippen molar-refractivity contribution in [2.75, 3.05) is 4.90 Å². The molecule has 0 fully saturated rings. The average molecular weight is 317 g/mol. The van der Waals surface area contributed by atoms with Gasteiger partial charge in [0.1, 0.15) is 5.52 Å². The highest BCUT2D eigenvalue weighted by molar-refractivity contribution is 6.06. The number of nitrogens with zero attached hydrogens (tertiary/aromatic N) is 4. The van der Waals surface area contributed by atoms with Gasteiger partial charge in [-0.1, -0.05) is 0 Å². The summed E-state index contributed by atoms with van der Waals surface area (Å²) in [5, 5.41) is 1.03. The lowest BCUT2D eigenvalue weighted by Crippen LogP contribution is -2.31. The highest BCUT2D eigenvalue weighted by atomic mass is 16.2. The smallest absolute Gasteiger partial charge is 0.323 e. The molecule has 0 saturated carbocycles. The van der Waals surface area contributed by atoms with E-state index in [9.17, 15) is 4.79 Å². The minimum Gasteiger partial charge on any atom is -0.351 e. The summed E-state index contributed by atoms with van der Waals surface area (Å²) in [7, 11) is 1.98. The van der Waals surface area contributed by atoms with Crippen LogP contribution in [-0.2, 0) is 7.05 Å². The molecule has 2 amide bonds. The van der Waals surface area contributed by atoms with Crippen LogP contribution in [0.25, 0.3) is 21.9 Å². The third-order valence-corrected chi connectivity index (χ3v) is 4.06. The fourth-order valence-corrected chi connectivity index (χ4v) is 2.94. The molecule has 0 aliphatic heterocycles. The van der Waals surface area contributed by atoms with Gasteiger partial charge in [-0.3, -0.25) is 14.9 Å². The zero-order valence-electron chi connectivity index (χ0n) is 13.0. The van der Waals surface area contributed by atoms with Crippen LogP contribution in [0.15, 0.2) is 61.1 Å². The second kappa shape index (κ2) is 5.34. The standard InChI is InChI=1S/C18H15N5O/c1-22-10-7-12-11-13(4-5-15(12)22)23(18(19)24)16-6-9-20-14-3-2-8-21-17(14)16/h2-11H,1H3,(H2,19,24). The SMILES string of the molecule is Cn1ccc2cc(N(C(N)=O)c3ccnc4cccnc34)ccc21. The van der Waals surface area contributed by atoms with E-state index in [-0.39, 0.29) is 0 Å². The number of hydrogen-bond acceptors (Lipinski definition) is 3. The molecule has 0 saturated heterocycles. The lowest BCUT2D eigenvalue weighted by Gasteiger charge is -2.21. The second-order valence-corrected chi connectivity index (χ2v) is 5.54. The number of fused-ring (bicyclic) bond motifs is 2. The van der Waals surface area contributed by atoms with E-state index in [4.69, 9.17) is 5.73 Å². The number of pyridine rings is 2. The Bertz CT molecular complexity index is 1060. The van der Waals surface area contributed by atoms with Gasteiger partial charge >= 0.3 is 6.03 Å². The fraction of sp³-hybridized carbons (Fsp3) is 0.0556. The fourth-order valence-electron chi connectivity index (χ4n) is 2.94. The van der Waals surface area contributed by atoms with Crippen molar-refractivity contribution in [3.63, 3.8) is 0 Å². The lowest BCUT2D eigenvalue weighted by molar-refractivity contribution is 0.256. The first-order valence-corrected chi connectivity index (χ1v) is 7.49. The summed E-state index contributed by atoms with van der Waals surface area (Å²) in [6.45, 7) is 0. The number of hydrogen-bond donors (Lipinski definition) is 1. The van der Waals surface area contributed by atoms with Gasteiger partial charge in [-0.05, 0) is 42.5 Å². The van der Waals surface area contributed by atoms with Gasteiger partial charge in [-0.15, -0.1) is 0 Å². The van der Waals surface area contributed by atoms with Crippen LogP contribution >= 0.6 is 0 Å². The minimum absolute atomic E-state index is 0.566. The Labute approximate surface area is 138 Å². The zero-order chi connectivity index (χ0) is 16.7. The van der Waals surface area contributed by atoms with Crippen LogP contribution < -0.4 is 10.6 Å². The number of amides is 2. The molecule has 2 N–H and O–H groups in total. The summed E-state index contributed by atoms with van der Waals surface area (Å²) in [4.78, 5) is 22.3. The molecule has 0 aliphatic rings. The molecule has 0 aliphatic carbocycles. The second-order valence-electron chi connectivity index (χ2n) is 5.54. The molecule has 0 atom stereocenters. The Morgan fingerprint density at radius 3 is 2.83 bits per heavy atom. The third-order valence-electron chi connectivity index (χ3n) is 4.06. The molecule has 0 spiro atoms. The van der Waals surface area contributed by atoms with Crippen molar-refractivity contribution in [3.05, 3.63) is 61.1 Å². The monoisotopic (exact) mass is 317 g/mol. The van der Waals surface area contributed by atoms with E-state index in [1.807, 2.05) is 54.2 Å². The van der Waals surface area contributed by atoms with Crippen molar-refractivity contribution >= 4 is 39.3 Å². The maximum absolute atomic E-state index is 12.2. The molecule has 118 valence electrons. The maximum atomic E-state index is 12.2. The van der Waals surface area contributed by atoms with E-state index in [0.29, 0.717) is 22.4 Å². The number of aryl methyl sites for hydroxylation is 1. The van der Waals surface area contributed by atoms with Gasteiger partial charge in [-0.2, -0.15) is 0 Å². The first-order valence-electron chi connectivity index (χ1n) is 7.49. The molecule has 3 aromatic heterocycles. The number of rotatable bonds is 2.